The Kier molecular flexibility index (Phi) is 5.18. The molecule has 0 aromatic carbocycles. The number of hydrogen-bond donors (Lipinski definition) is 0. The van der Waals surface area contributed by atoms with Crippen LogP contribution in [0.1, 0.15) is 41.5 Å². The lowest BCUT2D eigenvalue weighted by atomic mass is 10.0. The van der Waals surface area contributed by atoms with E-state index in [-0.39, 0.29) is 18.1 Å². The summed E-state index contributed by atoms with van der Waals surface area (Å²) in [6, 6.07) is 3.98. The predicted octanol–water partition coefficient (Wildman–Crippen LogP) is 2.35. The Balaban J connectivity index is 1.65. The lowest BCUT2D eigenvalue weighted by molar-refractivity contribution is -0.133. The summed E-state index contributed by atoms with van der Waals surface area (Å²) >= 11 is 0. The lowest BCUT2D eigenvalue weighted by Crippen LogP contribution is -2.39. The Labute approximate surface area is 148 Å². The molecule has 1 aliphatic rings. The van der Waals surface area contributed by atoms with Gasteiger partial charge in [-0.15, -0.1) is 0 Å². The van der Waals surface area contributed by atoms with Gasteiger partial charge in [-0.25, -0.2) is 0 Å². The van der Waals surface area contributed by atoms with Crippen molar-refractivity contribution in [1.29, 1.82) is 0 Å². The van der Waals surface area contributed by atoms with Gasteiger partial charge in [0.1, 0.15) is 6.10 Å². The first-order chi connectivity index (χ1) is 12.0. The minimum absolute atomic E-state index is 0.0628. The van der Waals surface area contributed by atoms with E-state index in [2.05, 4.69) is 10.1 Å². The maximum absolute atomic E-state index is 12.7. The molecule has 1 aliphatic heterocycles. The quantitative estimate of drug-likeness (QED) is 0.837. The van der Waals surface area contributed by atoms with E-state index in [0.29, 0.717) is 13.0 Å². The molecule has 6 nitrogen and oxygen atoms in total. The molecule has 0 unspecified atom stereocenters. The number of carbonyl (C=O) groups is 1. The van der Waals surface area contributed by atoms with Gasteiger partial charge in [0.15, 0.2) is 0 Å². The summed E-state index contributed by atoms with van der Waals surface area (Å²) in [5.41, 5.74) is 4.35. The summed E-state index contributed by atoms with van der Waals surface area (Å²) in [5, 5.41) is 4.43. The van der Waals surface area contributed by atoms with Crippen LogP contribution in [-0.2, 0) is 23.0 Å². The summed E-state index contributed by atoms with van der Waals surface area (Å²) in [4.78, 5) is 18.8. The Hall–Kier alpha value is -2.21. The van der Waals surface area contributed by atoms with Crippen LogP contribution in [0.5, 0.6) is 0 Å². The van der Waals surface area contributed by atoms with Crippen LogP contribution in [0.4, 0.5) is 0 Å². The average Bonchev–Trinajstić information content (AvgIpc) is 3.19. The van der Waals surface area contributed by atoms with Crippen LogP contribution in [0.3, 0.4) is 0 Å². The van der Waals surface area contributed by atoms with Crippen molar-refractivity contribution in [1.82, 2.24) is 19.7 Å². The number of likely N-dealkylation sites (N-methyl/N-ethyl adjacent to an activating group) is 1. The average molecular weight is 342 g/mol. The fourth-order valence-corrected chi connectivity index (χ4v) is 3.61. The SMILES string of the molecule is Cc1nn(C)c(C)c1CCC(=O)N(C)[C@H]1CCO[C@@H]1c1cccnc1. The van der Waals surface area contributed by atoms with Gasteiger partial charge in [0.2, 0.25) is 5.91 Å². The molecule has 2 aromatic rings. The molecule has 0 radical (unpaired) electrons. The molecular weight excluding hydrogens is 316 g/mol. The molecule has 2 atom stereocenters. The van der Waals surface area contributed by atoms with E-state index in [9.17, 15) is 4.79 Å². The van der Waals surface area contributed by atoms with E-state index in [1.54, 1.807) is 6.20 Å². The van der Waals surface area contributed by atoms with Crippen molar-refractivity contribution in [3.05, 3.63) is 47.0 Å². The molecule has 2 aromatic heterocycles. The number of aryl methyl sites for hydroxylation is 2. The zero-order chi connectivity index (χ0) is 18.0. The second-order valence-corrected chi connectivity index (χ2v) is 6.71. The standard InChI is InChI=1S/C19H26N4O2/c1-13-16(14(2)23(4)21-13)7-8-18(24)22(3)17-9-11-25-19(17)15-6-5-10-20-12-15/h5-6,10,12,17,19H,7-9,11H2,1-4H3/t17-,19+/m0/s1. The van der Waals surface area contributed by atoms with Crippen LogP contribution in [-0.4, -0.2) is 45.3 Å². The molecule has 0 bridgehead atoms. The summed E-state index contributed by atoms with van der Waals surface area (Å²) in [5.74, 6) is 0.145. The zero-order valence-electron chi connectivity index (χ0n) is 15.4. The summed E-state index contributed by atoms with van der Waals surface area (Å²) in [6.07, 6.45) is 5.54. The highest BCUT2D eigenvalue weighted by Gasteiger charge is 2.34. The Morgan fingerprint density at radius 1 is 1.44 bits per heavy atom. The van der Waals surface area contributed by atoms with E-state index in [1.807, 2.05) is 55.9 Å². The Bertz CT molecular complexity index is 741. The van der Waals surface area contributed by atoms with Gasteiger partial charge in [-0.05, 0) is 38.3 Å². The number of ether oxygens (including phenoxy) is 1. The minimum atomic E-state index is -0.0930. The molecule has 3 heterocycles. The number of aromatic nitrogens is 3. The number of pyridine rings is 1. The third-order valence-electron chi connectivity index (χ3n) is 5.21. The van der Waals surface area contributed by atoms with E-state index < -0.39 is 0 Å². The van der Waals surface area contributed by atoms with Gasteiger partial charge in [-0.3, -0.25) is 14.5 Å². The minimum Gasteiger partial charge on any atom is -0.371 e. The molecule has 0 aliphatic carbocycles. The third-order valence-corrected chi connectivity index (χ3v) is 5.21. The molecule has 0 N–H and O–H groups in total. The van der Waals surface area contributed by atoms with Crippen LogP contribution in [0.25, 0.3) is 0 Å². The second kappa shape index (κ2) is 7.35. The largest absolute Gasteiger partial charge is 0.371 e. The van der Waals surface area contributed by atoms with Crippen LogP contribution < -0.4 is 0 Å². The summed E-state index contributed by atoms with van der Waals surface area (Å²) in [7, 11) is 3.82. The topological polar surface area (TPSA) is 60.2 Å². The molecular formula is C19H26N4O2. The molecule has 6 heteroatoms. The first kappa shape index (κ1) is 17.6. The number of rotatable bonds is 5. The van der Waals surface area contributed by atoms with Gasteiger partial charge < -0.3 is 9.64 Å². The van der Waals surface area contributed by atoms with Crippen molar-refractivity contribution in [2.75, 3.05) is 13.7 Å². The van der Waals surface area contributed by atoms with E-state index in [0.717, 1.165) is 29.8 Å². The fourth-order valence-electron chi connectivity index (χ4n) is 3.61. The van der Waals surface area contributed by atoms with Crippen molar-refractivity contribution in [2.24, 2.45) is 7.05 Å². The second-order valence-electron chi connectivity index (χ2n) is 6.71. The smallest absolute Gasteiger partial charge is 0.222 e. The van der Waals surface area contributed by atoms with Crippen molar-refractivity contribution >= 4 is 5.91 Å². The van der Waals surface area contributed by atoms with Gasteiger partial charge in [0.05, 0.1) is 11.7 Å². The van der Waals surface area contributed by atoms with E-state index >= 15 is 0 Å². The summed E-state index contributed by atoms with van der Waals surface area (Å²) in [6.45, 7) is 4.72. The molecule has 0 spiro atoms. The van der Waals surface area contributed by atoms with E-state index in [1.165, 1.54) is 5.56 Å². The van der Waals surface area contributed by atoms with Gasteiger partial charge >= 0.3 is 0 Å². The van der Waals surface area contributed by atoms with Crippen LogP contribution >= 0.6 is 0 Å². The van der Waals surface area contributed by atoms with Gasteiger partial charge in [0, 0.05) is 50.8 Å². The molecule has 1 amide bonds. The fraction of sp³-hybridized carbons (Fsp3) is 0.526. The molecule has 0 saturated carbocycles. The van der Waals surface area contributed by atoms with Crippen LogP contribution in [0, 0.1) is 13.8 Å². The first-order valence-electron chi connectivity index (χ1n) is 8.75. The number of hydrogen-bond acceptors (Lipinski definition) is 4. The monoisotopic (exact) mass is 342 g/mol. The van der Waals surface area contributed by atoms with Crippen LogP contribution in [0.15, 0.2) is 24.5 Å². The zero-order valence-corrected chi connectivity index (χ0v) is 15.4. The molecule has 25 heavy (non-hydrogen) atoms. The van der Waals surface area contributed by atoms with E-state index in [4.69, 9.17) is 4.74 Å². The van der Waals surface area contributed by atoms with Crippen molar-refractivity contribution in [3.8, 4) is 0 Å². The number of carbonyl (C=O) groups excluding carboxylic acids is 1. The van der Waals surface area contributed by atoms with Gasteiger partial charge in [-0.1, -0.05) is 6.07 Å². The van der Waals surface area contributed by atoms with Crippen molar-refractivity contribution in [3.63, 3.8) is 0 Å². The molecule has 1 saturated heterocycles. The number of nitrogens with zero attached hydrogens (tertiary/aromatic N) is 4. The predicted molar refractivity (Wildman–Crippen MR) is 95.1 cm³/mol. The normalized spacial score (nSPS) is 20.0. The number of amides is 1. The maximum atomic E-state index is 12.7. The van der Waals surface area contributed by atoms with Gasteiger partial charge in [0.25, 0.3) is 0 Å². The Morgan fingerprint density at radius 3 is 2.88 bits per heavy atom. The van der Waals surface area contributed by atoms with Crippen molar-refractivity contribution in [2.45, 2.75) is 45.3 Å². The molecule has 134 valence electrons. The maximum Gasteiger partial charge on any atom is 0.222 e. The highest BCUT2D eigenvalue weighted by Crippen LogP contribution is 2.32. The third kappa shape index (κ3) is 3.58. The van der Waals surface area contributed by atoms with Crippen LogP contribution in [0.2, 0.25) is 0 Å². The highest BCUT2D eigenvalue weighted by molar-refractivity contribution is 5.76. The molecule has 3 rings (SSSR count). The molecule has 1 fully saturated rings. The summed E-state index contributed by atoms with van der Waals surface area (Å²) < 4.78 is 7.76. The first-order valence-corrected chi connectivity index (χ1v) is 8.75. The Morgan fingerprint density at radius 2 is 2.24 bits per heavy atom. The van der Waals surface area contributed by atoms with Gasteiger partial charge in [-0.2, -0.15) is 5.10 Å². The lowest BCUT2D eigenvalue weighted by Gasteiger charge is -2.28. The highest BCUT2D eigenvalue weighted by atomic mass is 16.5. The van der Waals surface area contributed by atoms with Crippen molar-refractivity contribution < 1.29 is 9.53 Å².